The molecule has 1 aromatic heterocycles. The second-order valence-electron chi connectivity index (χ2n) is 4.45. The number of pyridine rings is 1. The van der Waals surface area contributed by atoms with Crippen molar-refractivity contribution >= 4 is 0 Å². The lowest BCUT2D eigenvalue weighted by atomic mass is 9.90. The smallest absolute Gasteiger partial charge is 0.119 e. The molecule has 0 saturated carbocycles. The van der Waals surface area contributed by atoms with Gasteiger partial charge in [-0.05, 0) is 48.1 Å². The van der Waals surface area contributed by atoms with E-state index in [4.69, 9.17) is 4.74 Å². The fourth-order valence-corrected chi connectivity index (χ4v) is 2.20. The van der Waals surface area contributed by atoms with E-state index < -0.39 is 0 Å². The van der Waals surface area contributed by atoms with E-state index in [9.17, 15) is 0 Å². The molecule has 0 radical (unpaired) electrons. The average molecular weight is 241 g/mol. The van der Waals surface area contributed by atoms with Crippen molar-refractivity contribution in [1.82, 2.24) is 4.98 Å². The molecule has 0 aliphatic carbocycles. The summed E-state index contributed by atoms with van der Waals surface area (Å²) in [5.41, 5.74) is 2.62. The maximum atomic E-state index is 5.29. The van der Waals surface area contributed by atoms with Gasteiger partial charge in [0.25, 0.3) is 0 Å². The summed E-state index contributed by atoms with van der Waals surface area (Å²) in [5, 5.41) is 0. The van der Waals surface area contributed by atoms with E-state index in [0.717, 1.165) is 18.6 Å². The lowest BCUT2D eigenvalue weighted by Crippen LogP contribution is -2.02. The van der Waals surface area contributed by atoms with Crippen molar-refractivity contribution in [3.05, 3.63) is 59.9 Å². The highest BCUT2D eigenvalue weighted by Gasteiger charge is 2.11. The maximum absolute atomic E-state index is 5.29. The number of hydrogen-bond donors (Lipinski definition) is 0. The number of benzene rings is 1. The van der Waals surface area contributed by atoms with Crippen LogP contribution in [0.15, 0.2) is 48.8 Å². The van der Waals surface area contributed by atoms with E-state index in [1.807, 2.05) is 24.5 Å². The van der Waals surface area contributed by atoms with Crippen LogP contribution in [-0.4, -0.2) is 12.1 Å². The van der Waals surface area contributed by atoms with Gasteiger partial charge in [-0.2, -0.15) is 0 Å². The summed E-state index contributed by atoms with van der Waals surface area (Å²) in [6.45, 7) is 2.22. The average Bonchev–Trinajstić information content (AvgIpc) is 2.46. The van der Waals surface area contributed by atoms with Crippen LogP contribution in [0.2, 0.25) is 0 Å². The minimum atomic E-state index is 0.518. The molecule has 0 bridgehead atoms. The zero-order valence-corrected chi connectivity index (χ0v) is 11.0. The quantitative estimate of drug-likeness (QED) is 0.793. The van der Waals surface area contributed by atoms with Crippen molar-refractivity contribution in [1.29, 1.82) is 0 Å². The molecule has 1 atom stereocenters. The molecule has 2 nitrogen and oxygen atoms in total. The third-order valence-electron chi connectivity index (χ3n) is 3.26. The van der Waals surface area contributed by atoms with Crippen LogP contribution in [0.4, 0.5) is 0 Å². The largest absolute Gasteiger partial charge is 0.497 e. The summed E-state index contributed by atoms with van der Waals surface area (Å²) < 4.78 is 5.29. The van der Waals surface area contributed by atoms with Crippen molar-refractivity contribution in [2.45, 2.75) is 25.7 Å². The molecular weight excluding hydrogens is 222 g/mol. The van der Waals surface area contributed by atoms with Crippen molar-refractivity contribution in [3.8, 4) is 5.75 Å². The Morgan fingerprint density at radius 3 is 2.78 bits per heavy atom. The first-order valence-electron chi connectivity index (χ1n) is 6.36. The highest BCUT2D eigenvalue weighted by Crippen LogP contribution is 2.26. The van der Waals surface area contributed by atoms with Gasteiger partial charge in [-0.25, -0.2) is 0 Å². The van der Waals surface area contributed by atoms with Crippen LogP contribution in [0.1, 0.15) is 30.4 Å². The second kappa shape index (κ2) is 6.20. The Bertz CT molecular complexity index is 481. The van der Waals surface area contributed by atoms with Crippen molar-refractivity contribution in [2.75, 3.05) is 7.11 Å². The molecule has 0 fully saturated rings. The van der Waals surface area contributed by atoms with Gasteiger partial charge < -0.3 is 4.74 Å². The maximum Gasteiger partial charge on any atom is 0.119 e. The van der Waals surface area contributed by atoms with Gasteiger partial charge >= 0.3 is 0 Å². The third-order valence-corrected chi connectivity index (χ3v) is 3.26. The van der Waals surface area contributed by atoms with Gasteiger partial charge in [0, 0.05) is 12.4 Å². The van der Waals surface area contributed by atoms with Gasteiger partial charge in [-0.1, -0.05) is 25.1 Å². The van der Waals surface area contributed by atoms with Crippen LogP contribution >= 0.6 is 0 Å². The molecule has 94 valence electrons. The summed E-state index contributed by atoms with van der Waals surface area (Å²) in [6.07, 6.45) is 5.90. The van der Waals surface area contributed by atoms with Crippen molar-refractivity contribution in [3.63, 3.8) is 0 Å². The molecule has 0 saturated heterocycles. The fourth-order valence-electron chi connectivity index (χ4n) is 2.20. The van der Waals surface area contributed by atoms with E-state index in [2.05, 4.69) is 36.2 Å². The lowest BCUT2D eigenvalue weighted by Gasteiger charge is -2.16. The molecule has 0 spiro atoms. The minimum Gasteiger partial charge on any atom is -0.497 e. The SMILES string of the molecule is CCC(Cc1cccnc1)c1cccc(OC)c1. The Hall–Kier alpha value is -1.83. The predicted molar refractivity (Wildman–Crippen MR) is 74.0 cm³/mol. The first kappa shape index (κ1) is 12.6. The number of methoxy groups -OCH3 is 1. The van der Waals surface area contributed by atoms with Gasteiger partial charge in [-0.3, -0.25) is 4.98 Å². The number of ether oxygens (including phenoxy) is 1. The molecule has 2 aromatic rings. The van der Waals surface area contributed by atoms with Gasteiger partial charge in [0.05, 0.1) is 7.11 Å². The third kappa shape index (κ3) is 3.10. The summed E-state index contributed by atoms with van der Waals surface area (Å²) in [4.78, 5) is 4.17. The van der Waals surface area contributed by atoms with Crippen LogP contribution in [0.3, 0.4) is 0 Å². The summed E-state index contributed by atoms with van der Waals surface area (Å²) in [7, 11) is 1.71. The minimum absolute atomic E-state index is 0.518. The van der Waals surface area contributed by atoms with E-state index >= 15 is 0 Å². The zero-order valence-electron chi connectivity index (χ0n) is 11.0. The Balaban J connectivity index is 2.17. The van der Waals surface area contributed by atoms with Gasteiger partial charge in [-0.15, -0.1) is 0 Å². The standard InChI is InChI=1S/C16H19NO/c1-3-14(10-13-6-5-9-17-12-13)15-7-4-8-16(11-15)18-2/h4-9,11-12,14H,3,10H2,1-2H3. The molecule has 0 aliphatic rings. The Kier molecular flexibility index (Phi) is 4.35. The fraction of sp³-hybridized carbons (Fsp3) is 0.312. The topological polar surface area (TPSA) is 22.1 Å². The van der Waals surface area contributed by atoms with Crippen molar-refractivity contribution < 1.29 is 4.74 Å². The zero-order chi connectivity index (χ0) is 12.8. The van der Waals surface area contributed by atoms with Crippen molar-refractivity contribution in [2.24, 2.45) is 0 Å². The molecule has 18 heavy (non-hydrogen) atoms. The summed E-state index contributed by atoms with van der Waals surface area (Å²) in [6, 6.07) is 12.5. The summed E-state index contributed by atoms with van der Waals surface area (Å²) in [5.74, 6) is 1.45. The molecule has 0 amide bonds. The molecule has 1 aromatic carbocycles. The van der Waals surface area contributed by atoms with Crippen LogP contribution < -0.4 is 4.74 Å². The lowest BCUT2D eigenvalue weighted by molar-refractivity contribution is 0.413. The number of aromatic nitrogens is 1. The first-order chi connectivity index (χ1) is 8.83. The van der Waals surface area contributed by atoms with Gasteiger partial charge in [0.1, 0.15) is 5.75 Å². The van der Waals surface area contributed by atoms with Crippen LogP contribution in [0, 0.1) is 0 Å². The van der Waals surface area contributed by atoms with Crippen LogP contribution in [0.5, 0.6) is 5.75 Å². The van der Waals surface area contributed by atoms with E-state index in [-0.39, 0.29) is 0 Å². The van der Waals surface area contributed by atoms with Gasteiger partial charge in [0.15, 0.2) is 0 Å². The normalized spacial score (nSPS) is 12.1. The molecular formula is C16H19NO. The van der Waals surface area contributed by atoms with E-state index in [0.29, 0.717) is 5.92 Å². The highest BCUT2D eigenvalue weighted by molar-refractivity contribution is 5.31. The molecule has 0 aliphatic heterocycles. The summed E-state index contributed by atoms with van der Waals surface area (Å²) >= 11 is 0. The second-order valence-corrected chi connectivity index (χ2v) is 4.45. The number of nitrogens with zero attached hydrogens (tertiary/aromatic N) is 1. The van der Waals surface area contributed by atoms with Gasteiger partial charge in [0.2, 0.25) is 0 Å². The van der Waals surface area contributed by atoms with Crippen LogP contribution in [-0.2, 0) is 6.42 Å². The monoisotopic (exact) mass is 241 g/mol. The first-order valence-corrected chi connectivity index (χ1v) is 6.36. The molecule has 1 unspecified atom stereocenters. The molecule has 2 heteroatoms. The Morgan fingerprint density at radius 2 is 2.11 bits per heavy atom. The predicted octanol–water partition coefficient (Wildman–Crippen LogP) is 3.83. The molecule has 2 rings (SSSR count). The highest BCUT2D eigenvalue weighted by atomic mass is 16.5. The van der Waals surface area contributed by atoms with E-state index in [1.165, 1.54) is 11.1 Å². The Labute approximate surface area is 109 Å². The van der Waals surface area contributed by atoms with E-state index in [1.54, 1.807) is 7.11 Å². The molecule has 0 N–H and O–H groups in total. The van der Waals surface area contributed by atoms with Crippen LogP contribution in [0.25, 0.3) is 0 Å². The number of hydrogen-bond acceptors (Lipinski definition) is 2. The molecule has 1 heterocycles. The Morgan fingerprint density at radius 1 is 1.22 bits per heavy atom. The number of rotatable bonds is 5.